The molecule has 0 spiro atoms. The lowest BCUT2D eigenvalue weighted by Crippen LogP contribution is -2.16. The topological polar surface area (TPSA) is 63.8 Å². The number of amides is 1. The molecule has 3 aromatic carbocycles. The number of carbonyl (C=O) groups excluding carboxylic acids is 1. The molecule has 0 aliphatic carbocycles. The molecule has 0 saturated heterocycles. The minimum Gasteiger partial charge on any atom is -0.488 e. The molecule has 0 fully saturated rings. The summed E-state index contributed by atoms with van der Waals surface area (Å²) < 4.78 is 12.5. The Morgan fingerprint density at radius 1 is 1.03 bits per heavy atom. The van der Waals surface area contributed by atoms with Crippen LogP contribution in [0.25, 0.3) is 11.0 Å². The molecule has 0 saturated carbocycles. The number of ether oxygens (including phenoxy) is 1. The number of nitrogens with one attached hydrogen (secondary N) is 1. The van der Waals surface area contributed by atoms with Crippen molar-refractivity contribution in [2.75, 3.05) is 0 Å². The van der Waals surface area contributed by atoms with E-state index in [-0.39, 0.29) is 5.76 Å². The maximum Gasteiger partial charge on any atom is 0.307 e. The van der Waals surface area contributed by atoms with Gasteiger partial charge in [-0.05, 0) is 42.0 Å². The van der Waals surface area contributed by atoms with E-state index < -0.39 is 5.91 Å². The number of carbonyl (C=O) groups is 1. The molecule has 29 heavy (non-hydrogen) atoms. The normalized spacial score (nSPS) is 11.1. The van der Waals surface area contributed by atoms with Gasteiger partial charge in [0.1, 0.15) is 17.9 Å². The zero-order valence-corrected chi connectivity index (χ0v) is 16.9. The number of hydrogen-bond donors (Lipinski definition) is 1. The van der Waals surface area contributed by atoms with Gasteiger partial charge in [-0.3, -0.25) is 4.79 Å². The Morgan fingerprint density at radius 3 is 2.62 bits per heavy atom. The van der Waals surface area contributed by atoms with Gasteiger partial charge in [0.05, 0.1) is 6.21 Å². The molecule has 4 rings (SSSR count). The standard InChI is InChI=1S/C23H17BrN2O3/c24-19-11-9-16(10-12-19)15-28-20-7-3-2-6-18(20)14-25-26-23(27)22-13-17-5-1-4-8-21(17)29-22/h1-14H,15H2,(H,26,27)/b25-14+. The van der Waals surface area contributed by atoms with Gasteiger partial charge in [0.2, 0.25) is 0 Å². The summed E-state index contributed by atoms with van der Waals surface area (Å²) in [7, 11) is 0. The molecule has 0 radical (unpaired) electrons. The first kappa shape index (κ1) is 19.0. The Hall–Kier alpha value is -3.38. The van der Waals surface area contributed by atoms with Crippen LogP contribution in [0.15, 0.2) is 92.9 Å². The van der Waals surface area contributed by atoms with Crippen LogP contribution in [0, 0.1) is 0 Å². The third kappa shape index (κ3) is 4.73. The monoisotopic (exact) mass is 448 g/mol. The summed E-state index contributed by atoms with van der Waals surface area (Å²) in [6.07, 6.45) is 1.55. The quantitative estimate of drug-likeness (QED) is 0.311. The smallest absolute Gasteiger partial charge is 0.307 e. The third-order valence-corrected chi connectivity index (χ3v) is 4.77. The molecular formula is C23H17BrN2O3. The number of para-hydroxylation sites is 2. The minimum absolute atomic E-state index is 0.211. The van der Waals surface area contributed by atoms with Crippen LogP contribution in [-0.2, 0) is 6.61 Å². The molecule has 5 nitrogen and oxygen atoms in total. The third-order valence-electron chi connectivity index (χ3n) is 4.25. The number of benzene rings is 3. The highest BCUT2D eigenvalue weighted by atomic mass is 79.9. The van der Waals surface area contributed by atoms with Crippen molar-refractivity contribution in [2.45, 2.75) is 6.61 Å². The van der Waals surface area contributed by atoms with Crippen LogP contribution in [-0.4, -0.2) is 12.1 Å². The first-order valence-corrected chi connectivity index (χ1v) is 9.76. The predicted octanol–water partition coefficient (Wildman–Crippen LogP) is 5.54. The van der Waals surface area contributed by atoms with E-state index in [0.29, 0.717) is 17.9 Å². The second-order valence-electron chi connectivity index (χ2n) is 6.30. The highest BCUT2D eigenvalue weighted by molar-refractivity contribution is 9.10. The molecule has 0 atom stereocenters. The maximum atomic E-state index is 12.3. The van der Waals surface area contributed by atoms with E-state index in [0.717, 1.165) is 21.0 Å². The summed E-state index contributed by atoms with van der Waals surface area (Å²) in [5.74, 6) is 0.478. The molecule has 144 valence electrons. The Morgan fingerprint density at radius 2 is 1.79 bits per heavy atom. The summed E-state index contributed by atoms with van der Waals surface area (Å²) >= 11 is 3.42. The molecule has 1 heterocycles. The number of furan rings is 1. The fourth-order valence-corrected chi connectivity index (χ4v) is 3.03. The SMILES string of the molecule is O=C(N/N=C/c1ccccc1OCc1ccc(Br)cc1)c1cc2ccccc2o1. The van der Waals surface area contributed by atoms with E-state index in [9.17, 15) is 4.79 Å². The predicted molar refractivity (Wildman–Crippen MR) is 116 cm³/mol. The van der Waals surface area contributed by atoms with Crippen LogP contribution in [0.5, 0.6) is 5.75 Å². The summed E-state index contributed by atoms with van der Waals surface area (Å²) in [5.41, 5.74) is 4.96. The van der Waals surface area contributed by atoms with Crippen molar-refractivity contribution in [3.8, 4) is 5.75 Å². The molecule has 1 amide bonds. The van der Waals surface area contributed by atoms with Crippen molar-refractivity contribution < 1.29 is 13.9 Å². The van der Waals surface area contributed by atoms with Gasteiger partial charge in [-0.1, -0.05) is 58.4 Å². The second kappa shape index (κ2) is 8.75. The minimum atomic E-state index is -0.411. The molecular weight excluding hydrogens is 432 g/mol. The van der Waals surface area contributed by atoms with Crippen LogP contribution >= 0.6 is 15.9 Å². The zero-order valence-electron chi connectivity index (χ0n) is 15.3. The van der Waals surface area contributed by atoms with Gasteiger partial charge >= 0.3 is 5.91 Å². The first-order valence-electron chi connectivity index (χ1n) is 8.97. The molecule has 0 unspecified atom stereocenters. The van der Waals surface area contributed by atoms with Gasteiger partial charge in [0.25, 0.3) is 0 Å². The van der Waals surface area contributed by atoms with Gasteiger partial charge in [0.15, 0.2) is 5.76 Å². The van der Waals surface area contributed by atoms with Crippen LogP contribution in [0.1, 0.15) is 21.7 Å². The van der Waals surface area contributed by atoms with Crippen LogP contribution < -0.4 is 10.2 Å². The highest BCUT2D eigenvalue weighted by Crippen LogP contribution is 2.20. The molecule has 1 N–H and O–H groups in total. The van der Waals surface area contributed by atoms with Crippen LogP contribution in [0.2, 0.25) is 0 Å². The van der Waals surface area contributed by atoms with E-state index in [1.165, 1.54) is 0 Å². The fraction of sp³-hybridized carbons (Fsp3) is 0.0435. The van der Waals surface area contributed by atoms with E-state index in [4.69, 9.17) is 9.15 Å². The summed E-state index contributed by atoms with van der Waals surface area (Å²) in [6.45, 7) is 0.434. The number of nitrogens with zero attached hydrogens (tertiary/aromatic N) is 1. The fourth-order valence-electron chi connectivity index (χ4n) is 2.77. The maximum absolute atomic E-state index is 12.3. The van der Waals surface area contributed by atoms with Gasteiger partial charge < -0.3 is 9.15 Å². The van der Waals surface area contributed by atoms with Crippen molar-refractivity contribution in [2.24, 2.45) is 5.10 Å². The lowest BCUT2D eigenvalue weighted by atomic mass is 10.2. The van der Waals surface area contributed by atoms with Gasteiger partial charge in [-0.2, -0.15) is 5.10 Å². The Balaban J connectivity index is 1.41. The number of hydrazone groups is 1. The Kier molecular flexibility index (Phi) is 5.72. The molecule has 6 heteroatoms. The van der Waals surface area contributed by atoms with E-state index in [2.05, 4.69) is 26.5 Å². The van der Waals surface area contributed by atoms with Gasteiger partial charge in [0, 0.05) is 15.4 Å². The van der Waals surface area contributed by atoms with Crippen molar-refractivity contribution in [3.05, 3.63) is 100 Å². The number of halogens is 1. The van der Waals surface area contributed by atoms with Gasteiger partial charge in [-0.25, -0.2) is 5.43 Å². The van der Waals surface area contributed by atoms with Crippen molar-refractivity contribution in [3.63, 3.8) is 0 Å². The lowest BCUT2D eigenvalue weighted by Gasteiger charge is -2.09. The van der Waals surface area contributed by atoms with Crippen molar-refractivity contribution >= 4 is 39.0 Å². The van der Waals surface area contributed by atoms with E-state index in [1.54, 1.807) is 12.3 Å². The van der Waals surface area contributed by atoms with Crippen molar-refractivity contribution in [1.29, 1.82) is 0 Å². The highest BCUT2D eigenvalue weighted by Gasteiger charge is 2.11. The lowest BCUT2D eigenvalue weighted by molar-refractivity contribution is 0.0929. The average Bonchev–Trinajstić information content (AvgIpc) is 3.18. The summed E-state index contributed by atoms with van der Waals surface area (Å²) in [6, 6.07) is 24.6. The number of hydrogen-bond acceptors (Lipinski definition) is 4. The Bertz CT molecular complexity index is 1130. The van der Waals surface area contributed by atoms with Gasteiger partial charge in [-0.15, -0.1) is 0 Å². The zero-order chi connectivity index (χ0) is 20.1. The summed E-state index contributed by atoms with van der Waals surface area (Å²) in [5, 5.41) is 4.91. The number of rotatable bonds is 6. The Labute approximate surface area is 176 Å². The average molecular weight is 449 g/mol. The second-order valence-corrected chi connectivity index (χ2v) is 7.22. The first-order chi connectivity index (χ1) is 14.2. The van der Waals surface area contributed by atoms with E-state index in [1.807, 2.05) is 72.8 Å². The van der Waals surface area contributed by atoms with Crippen LogP contribution in [0.4, 0.5) is 0 Å². The van der Waals surface area contributed by atoms with Crippen LogP contribution in [0.3, 0.4) is 0 Å². The van der Waals surface area contributed by atoms with E-state index >= 15 is 0 Å². The summed E-state index contributed by atoms with van der Waals surface area (Å²) in [4.78, 5) is 12.3. The molecule has 0 aliphatic rings. The molecule has 4 aromatic rings. The van der Waals surface area contributed by atoms with Crippen molar-refractivity contribution in [1.82, 2.24) is 5.43 Å². The largest absolute Gasteiger partial charge is 0.488 e. The molecule has 1 aromatic heterocycles. The molecule has 0 aliphatic heterocycles. The number of fused-ring (bicyclic) bond motifs is 1. The molecule has 0 bridgehead atoms.